The number of esters is 1. The van der Waals surface area contributed by atoms with Crippen LogP contribution in [-0.2, 0) is 16.0 Å². The standard InChI is InChI=1S/C17H25NO4/c1-17(2,3)12-13-22-16(19)7-5-4-6-14-8-10-15(11-9-14)18(20)21/h8-11H,4-7,12-13H2,1-3H3. The molecule has 0 bridgehead atoms. The van der Waals surface area contributed by atoms with Crippen LogP contribution in [0, 0.1) is 15.5 Å². The first-order valence-corrected chi connectivity index (χ1v) is 7.67. The minimum Gasteiger partial charge on any atom is -0.466 e. The van der Waals surface area contributed by atoms with Gasteiger partial charge in [0.05, 0.1) is 11.5 Å². The van der Waals surface area contributed by atoms with Crippen molar-refractivity contribution in [3.63, 3.8) is 0 Å². The van der Waals surface area contributed by atoms with E-state index in [4.69, 9.17) is 4.74 Å². The average molecular weight is 307 g/mol. The van der Waals surface area contributed by atoms with E-state index in [1.54, 1.807) is 12.1 Å². The molecule has 0 saturated heterocycles. The third kappa shape index (κ3) is 7.76. The Morgan fingerprint density at radius 3 is 2.36 bits per heavy atom. The van der Waals surface area contributed by atoms with Crippen molar-refractivity contribution in [2.45, 2.75) is 52.9 Å². The summed E-state index contributed by atoms with van der Waals surface area (Å²) in [5.74, 6) is -0.145. The molecule has 0 aliphatic rings. The normalized spacial score (nSPS) is 11.2. The van der Waals surface area contributed by atoms with Crippen molar-refractivity contribution in [2.24, 2.45) is 5.41 Å². The lowest BCUT2D eigenvalue weighted by molar-refractivity contribution is -0.384. The highest BCUT2D eigenvalue weighted by molar-refractivity contribution is 5.69. The highest BCUT2D eigenvalue weighted by Gasteiger charge is 2.11. The van der Waals surface area contributed by atoms with Gasteiger partial charge in [0.2, 0.25) is 0 Å². The second-order valence-electron chi connectivity index (χ2n) is 6.66. The second kappa shape index (κ2) is 8.51. The molecule has 22 heavy (non-hydrogen) atoms. The van der Waals surface area contributed by atoms with Crippen molar-refractivity contribution in [3.8, 4) is 0 Å². The van der Waals surface area contributed by atoms with Crippen LogP contribution in [0.3, 0.4) is 0 Å². The molecule has 0 spiro atoms. The van der Waals surface area contributed by atoms with Crippen molar-refractivity contribution in [1.82, 2.24) is 0 Å². The fraction of sp³-hybridized carbons (Fsp3) is 0.588. The summed E-state index contributed by atoms with van der Waals surface area (Å²) in [5, 5.41) is 10.5. The summed E-state index contributed by atoms with van der Waals surface area (Å²) in [4.78, 5) is 21.7. The number of unbranched alkanes of at least 4 members (excludes halogenated alkanes) is 1. The number of rotatable bonds is 8. The Labute approximate surface area is 131 Å². The van der Waals surface area contributed by atoms with E-state index < -0.39 is 4.92 Å². The molecule has 0 aromatic heterocycles. The first-order chi connectivity index (χ1) is 10.3. The summed E-state index contributed by atoms with van der Waals surface area (Å²) in [6.45, 7) is 6.83. The number of nitrogens with zero attached hydrogens (tertiary/aromatic N) is 1. The molecule has 122 valence electrons. The van der Waals surface area contributed by atoms with E-state index in [2.05, 4.69) is 20.8 Å². The maximum atomic E-state index is 11.6. The maximum Gasteiger partial charge on any atom is 0.305 e. The molecule has 0 radical (unpaired) electrons. The van der Waals surface area contributed by atoms with Crippen molar-refractivity contribution in [3.05, 3.63) is 39.9 Å². The van der Waals surface area contributed by atoms with Crippen molar-refractivity contribution < 1.29 is 14.5 Å². The number of carbonyl (C=O) groups is 1. The zero-order chi connectivity index (χ0) is 16.6. The summed E-state index contributed by atoms with van der Waals surface area (Å²) in [6, 6.07) is 6.55. The molecule has 0 heterocycles. The van der Waals surface area contributed by atoms with Crippen LogP contribution in [0.5, 0.6) is 0 Å². The van der Waals surface area contributed by atoms with Gasteiger partial charge in [0, 0.05) is 18.6 Å². The average Bonchev–Trinajstić information content (AvgIpc) is 2.42. The predicted octanol–water partition coefficient (Wildman–Crippen LogP) is 4.29. The SMILES string of the molecule is CC(C)(C)CCOC(=O)CCCCc1ccc([N+](=O)[O-])cc1. The minimum atomic E-state index is -0.405. The lowest BCUT2D eigenvalue weighted by Crippen LogP contribution is -2.13. The van der Waals surface area contributed by atoms with E-state index >= 15 is 0 Å². The fourth-order valence-corrected chi connectivity index (χ4v) is 1.93. The molecular weight excluding hydrogens is 282 g/mol. The fourth-order valence-electron chi connectivity index (χ4n) is 1.93. The Balaban J connectivity index is 2.16. The Kier molecular flexibility index (Phi) is 7.02. The van der Waals surface area contributed by atoms with E-state index in [-0.39, 0.29) is 17.1 Å². The number of ether oxygens (including phenoxy) is 1. The van der Waals surface area contributed by atoms with Gasteiger partial charge in [0.1, 0.15) is 0 Å². The Bertz CT molecular complexity index is 488. The van der Waals surface area contributed by atoms with E-state index in [0.29, 0.717) is 13.0 Å². The smallest absolute Gasteiger partial charge is 0.305 e. The molecule has 0 aliphatic carbocycles. The van der Waals surface area contributed by atoms with Gasteiger partial charge in [-0.15, -0.1) is 0 Å². The number of aryl methyl sites for hydroxylation is 1. The third-order valence-corrected chi connectivity index (χ3v) is 3.36. The van der Waals surface area contributed by atoms with Crippen molar-refractivity contribution in [2.75, 3.05) is 6.61 Å². The topological polar surface area (TPSA) is 69.4 Å². The number of carbonyl (C=O) groups excluding carboxylic acids is 1. The van der Waals surface area contributed by atoms with E-state index in [9.17, 15) is 14.9 Å². The summed E-state index contributed by atoms with van der Waals surface area (Å²) in [7, 11) is 0. The number of hydrogen-bond donors (Lipinski definition) is 0. The largest absolute Gasteiger partial charge is 0.466 e. The van der Waals surface area contributed by atoms with E-state index in [1.165, 1.54) is 12.1 Å². The summed E-state index contributed by atoms with van der Waals surface area (Å²) >= 11 is 0. The molecule has 0 aliphatic heterocycles. The van der Waals surface area contributed by atoms with Gasteiger partial charge in [0.15, 0.2) is 0 Å². The Morgan fingerprint density at radius 1 is 1.18 bits per heavy atom. The van der Waals surface area contributed by atoms with Crippen LogP contribution >= 0.6 is 0 Å². The van der Waals surface area contributed by atoms with E-state index in [1.807, 2.05) is 0 Å². The summed E-state index contributed by atoms with van der Waals surface area (Å²) in [6.07, 6.45) is 3.74. The van der Waals surface area contributed by atoms with Gasteiger partial charge in [-0.25, -0.2) is 0 Å². The van der Waals surface area contributed by atoms with Crippen LogP contribution in [0.2, 0.25) is 0 Å². The molecule has 5 nitrogen and oxygen atoms in total. The van der Waals surface area contributed by atoms with Crippen LogP contribution < -0.4 is 0 Å². The van der Waals surface area contributed by atoms with Crippen LogP contribution in [-0.4, -0.2) is 17.5 Å². The number of nitro benzene ring substituents is 1. The van der Waals surface area contributed by atoms with Crippen LogP contribution in [0.4, 0.5) is 5.69 Å². The van der Waals surface area contributed by atoms with Gasteiger partial charge in [0.25, 0.3) is 5.69 Å². The molecule has 1 rings (SSSR count). The number of nitro groups is 1. The number of non-ortho nitro benzene ring substituents is 1. The van der Waals surface area contributed by atoms with Crippen LogP contribution in [0.1, 0.15) is 52.0 Å². The number of benzene rings is 1. The van der Waals surface area contributed by atoms with Crippen LogP contribution in [0.25, 0.3) is 0 Å². The molecule has 0 fully saturated rings. The zero-order valence-corrected chi connectivity index (χ0v) is 13.6. The zero-order valence-electron chi connectivity index (χ0n) is 13.6. The van der Waals surface area contributed by atoms with Gasteiger partial charge < -0.3 is 4.74 Å². The molecule has 0 atom stereocenters. The predicted molar refractivity (Wildman–Crippen MR) is 85.7 cm³/mol. The summed E-state index contributed by atoms with van der Waals surface area (Å²) < 4.78 is 5.20. The monoisotopic (exact) mass is 307 g/mol. The molecule has 5 heteroatoms. The van der Waals surface area contributed by atoms with Gasteiger partial charge in [-0.3, -0.25) is 14.9 Å². The van der Waals surface area contributed by atoms with Crippen LogP contribution in [0.15, 0.2) is 24.3 Å². The third-order valence-electron chi connectivity index (χ3n) is 3.36. The Hall–Kier alpha value is -1.91. The molecule has 1 aromatic carbocycles. The first kappa shape index (κ1) is 18.1. The van der Waals surface area contributed by atoms with E-state index in [0.717, 1.165) is 31.2 Å². The van der Waals surface area contributed by atoms with Gasteiger partial charge >= 0.3 is 5.97 Å². The Morgan fingerprint density at radius 2 is 1.82 bits per heavy atom. The molecule has 1 aromatic rings. The molecule has 0 amide bonds. The molecule has 0 N–H and O–H groups in total. The molecular formula is C17H25NO4. The van der Waals surface area contributed by atoms with Gasteiger partial charge in [-0.1, -0.05) is 32.9 Å². The maximum absolute atomic E-state index is 11.6. The summed E-state index contributed by atoms with van der Waals surface area (Å²) in [5.41, 5.74) is 1.33. The minimum absolute atomic E-state index is 0.103. The van der Waals surface area contributed by atoms with Crippen molar-refractivity contribution >= 4 is 11.7 Å². The second-order valence-corrected chi connectivity index (χ2v) is 6.66. The first-order valence-electron chi connectivity index (χ1n) is 7.67. The lowest BCUT2D eigenvalue weighted by Gasteiger charge is -2.17. The lowest BCUT2D eigenvalue weighted by atomic mass is 9.93. The van der Waals surface area contributed by atoms with Gasteiger partial charge in [-0.05, 0) is 36.7 Å². The molecule has 0 unspecified atom stereocenters. The molecule has 0 saturated carbocycles. The van der Waals surface area contributed by atoms with Gasteiger partial charge in [-0.2, -0.15) is 0 Å². The van der Waals surface area contributed by atoms with Crippen molar-refractivity contribution in [1.29, 1.82) is 0 Å². The number of hydrogen-bond acceptors (Lipinski definition) is 4. The quantitative estimate of drug-likeness (QED) is 0.311. The highest BCUT2D eigenvalue weighted by atomic mass is 16.6. The highest BCUT2D eigenvalue weighted by Crippen LogP contribution is 2.18.